The summed E-state index contributed by atoms with van der Waals surface area (Å²) in [5.41, 5.74) is 2.02. The Morgan fingerprint density at radius 3 is 2.78 bits per heavy atom. The van der Waals surface area contributed by atoms with Crippen LogP contribution >= 0.6 is 0 Å². The highest BCUT2D eigenvalue weighted by molar-refractivity contribution is 5.97. The predicted octanol–water partition coefficient (Wildman–Crippen LogP) is 4.24. The highest BCUT2D eigenvalue weighted by atomic mass is 16.3. The number of unbranched alkanes of at least 4 members (excludes halogenated alkanes) is 2. The summed E-state index contributed by atoms with van der Waals surface area (Å²) in [6.07, 6.45) is 3.21. The summed E-state index contributed by atoms with van der Waals surface area (Å²) in [6, 6.07) is 5.78. The van der Waals surface area contributed by atoms with Crippen LogP contribution in [0.1, 0.15) is 31.7 Å². The summed E-state index contributed by atoms with van der Waals surface area (Å²) in [5, 5.41) is 13.9. The quantitative estimate of drug-likeness (QED) is 0.633. The zero-order valence-corrected chi connectivity index (χ0v) is 10.8. The Morgan fingerprint density at radius 2 is 2.11 bits per heavy atom. The van der Waals surface area contributed by atoms with Crippen molar-refractivity contribution in [3.8, 4) is 5.88 Å². The zero-order chi connectivity index (χ0) is 13.1. The maximum Gasteiger partial charge on any atom is 0.222 e. The molecule has 0 amide bonds. The molecule has 1 aromatic carbocycles. The van der Waals surface area contributed by atoms with Gasteiger partial charge in [-0.2, -0.15) is 0 Å². The van der Waals surface area contributed by atoms with Gasteiger partial charge >= 0.3 is 0 Å². The van der Waals surface area contributed by atoms with Gasteiger partial charge in [0.25, 0.3) is 0 Å². The molecule has 0 saturated carbocycles. The SMILES string of the molecule is CCCCCn1c(O)c(N=O)c2c(C)cccc21. The van der Waals surface area contributed by atoms with Gasteiger partial charge in [0, 0.05) is 11.9 Å². The van der Waals surface area contributed by atoms with Gasteiger partial charge in [0.15, 0.2) is 5.69 Å². The van der Waals surface area contributed by atoms with Gasteiger partial charge in [-0.25, -0.2) is 0 Å². The van der Waals surface area contributed by atoms with Crippen LogP contribution < -0.4 is 0 Å². The van der Waals surface area contributed by atoms with Crippen molar-refractivity contribution in [2.24, 2.45) is 5.18 Å². The Balaban J connectivity index is 2.55. The predicted molar refractivity (Wildman–Crippen MR) is 73.3 cm³/mol. The largest absolute Gasteiger partial charge is 0.493 e. The second-order valence-electron chi connectivity index (χ2n) is 4.59. The molecule has 1 heterocycles. The van der Waals surface area contributed by atoms with E-state index in [2.05, 4.69) is 12.1 Å². The molecule has 2 aromatic rings. The van der Waals surface area contributed by atoms with Gasteiger partial charge < -0.3 is 9.67 Å². The lowest BCUT2D eigenvalue weighted by Gasteiger charge is -2.06. The molecule has 0 saturated heterocycles. The van der Waals surface area contributed by atoms with E-state index in [4.69, 9.17) is 0 Å². The van der Waals surface area contributed by atoms with E-state index in [0.717, 1.165) is 42.3 Å². The normalized spacial score (nSPS) is 11.0. The Kier molecular flexibility index (Phi) is 3.65. The fraction of sp³-hybridized carbons (Fsp3) is 0.429. The average Bonchev–Trinajstić information content (AvgIpc) is 2.64. The molecular formula is C14H18N2O2. The number of rotatable bonds is 5. The summed E-state index contributed by atoms with van der Waals surface area (Å²) in [7, 11) is 0. The zero-order valence-electron chi connectivity index (χ0n) is 10.8. The molecular weight excluding hydrogens is 228 g/mol. The van der Waals surface area contributed by atoms with E-state index in [9.17, 15) is 10.0 Å². The number of fused-ring (bicyclic) bond motifs is 1. The molecule has 0 aliphatic rings. The molecule has 0 fully saturated rings. The Bertz CT molecular complexity index is 573. The monoisotopic (exact) mass is 246 g/mol. The summed E-state index contributed by atoms with van der Waals surface area (Å²) >= 11 is 0. The molecule has 0 bridgehead atoms. The average molecular weight is 246 g/mol. The van der Waals surface area contributed by atoms with E-state index in [1.807, 2.05) is 25.1 Å². The van der Waals surface area contributed by atoms with Crippen molar-refractivity contribution in [2.75, 3.05) is 0 Å². The molecule has 0 aliphatic heterocycles. The number of nitroso groups, excluding NO2 is 1. The van der Waals surface area contributed by atoms with E-state index in [1.165, 1.54) is 0 Å². The van der Waals surface area contributed by atoms with Gasteiger partial charge in [0.1, 0.15) is 0 Å². The smallest absolute Gasteiger partial charge is 0.222 e. The van der Waals surface area contributed by atoms with Crippen LogP contribution in [0.4, 0.5) is 5.69 Å². The van der Waals surface area contributed by atoms with Gasteiger partial charge in [0.2, 0.25) is 5.88 Å². The topological polar surface area (TPSA) is 54.6 Å². The van der Waals surface area contributed by atoms with Crippen molar-refractivity contribution in [1.29, 1.82) is 0 Å². The summed E-state index contributed by atoms with van der Waals surface area (Å²) < 4.78 is 1.79. The lowest BCUT2D eigenvalue weighted by Crippen LogP contribution is -1.96. The number of aromatic hydroxyl groups is 1. The van der Waals surface area contributed by atoms with Crippen LogP contribution in [0.15, 0.2) is 23.4 Å². The Labute approximate surface area is 106 Å². The standard InChI is InChI=1S/C14H18N2O2/c1-3-4-5-9-16-11-8-6-7-10(2)12(11)13(15-18)14(16)17/h6-8,17H,3-5,9H2,1-2H3. The molecule has 96 valence electrons. The first kappa shape index (κ1) is 12.6. The van der Waals surface area contributed by atoms with Gasteiger partial charge in [-0.3, -0.25) is 0 Å². The second-order valence-corrected chi connectivity index (χ2v) is 4.59. The first-order valence-corrected chi connectivity index (χ1v) is 6.34. The number of benzene rings is 1. The van der Waals surface area contributed by atoms with Gasteiger partial charge in [0.05, 0.1) is 5.52 Å². The molecule has 0 spiro atoms. The van der Waals surface area contributed by atoms with Crippen LogP contribution in [0.5, 0.6) is 5.88 Å². The minimum absolute atomic E-state index is 0.00889. The van der Waals surface area contributed by atoms with Crippen LogP contribution in [0.25, 0.3) is 10.9 Å². The molecule has 2 rings (SSSR count). The highest BCUT2D eigenvalue weighted by Crippen LogP contribution is 2.40. The molecule has 0 aliphatic carbocycles. The fourth-order valence-electron chi connectivity index (χ4n) is 2.37. The molecule has 1 aromatic heterocycles. The van der Waals surface area contributed by atoms with Crippen molar-refractivity contribution in [3.63, 3.8) is 0 Å². The molecule has 0 unspecified atom stereocenters. The Morgan fingerprint density at radius 1 is 1.33 bits per heavy atom. The number of aromatic nitrogens is 1. The Hall–Kier alpha value is -1.84. The van der Waals surface area contributed by atoms with Crippen LogP contribution in [0.2, 0.25) is 0 Å². The molecule has 18 heavy (non-hydrogen) atoms. The number of aryl methyl sites for hydroxylation is 2. The van der Waals surface area contributed by atoms with E-state index < -0.39 is 0 Å². The van der Waals surface area contributed by atoms with E-state index in [0.29, 0.717) is 0 Å². The number of nitrogens with zero attached hydrogens (tertiary/aromatic N) is 2. The minimum atomic E-state index is -0.00889. The van der Waals surface area contributed by atoms with Crippen LogP contribution in [0.3, 0.4) is 0 Å². The van der Waals surface area contributed by atoms with Crippen molar-refractivity contribution >= 4 is 16.6 Å². The van der Waals surface area contributed by atoms with Gasteiger partial charge in [-0.15, -0.1) is 4.91 Å². The molecule has 4 nitrogen and oxygen atoms in total. The lowest BCUT2D eigenvalue weighted by molar-refractivity contribution is 0.417. The summed E-state index contributed by atoms with van der Waals surface area (Å²) in [4.78, 5) is 10.9. The van der Waals surface area contributed by atoms with Crippen LogP contribution in [0, 0.1) is 11.8 Å². The van der Waals surface area contributed by atoms with Crippen molar-refractivity contribution in [3.05, 3.63) is 28.7 Å². The molecule has 0 radical (unpaired) electrons. The fourth-order valence-corrected chi connectivity index (χ4v) is 2.37. The van der Waals surface area contributed by atoms with E-state index in [-0.39, 0.29) is 11.6 Å². The molecule has 1 N–H and O–H groups in total. The number of hydrogen-bond donors (Lipinski definition) is 1. The van der Waals surface area contributed by atoms with Crippen LogP contribution in [-0.2, 0) is 6.54 Å². The maximum atomic E-state index is 10.9. The third-order valence-electron chi connectivity index (χ3n) is 3.32. The first-order chi connectivity index (χ1) is 8.70. The summed E-state index contributed by atoms with van der Waals surface area (Å²) in [5.74, 6) is -0.00889. The second kappa shape index (κ2) is 5.21. The van der Waals surface area contributed by atoms with Crippen molar-refractivity contribution in [2.45, 2.75) is 39.7 Å². The molecule has 0 atom stereocenters. The van der Waals surface area contributed by atoms with E-state index in [1.54, 1.807) is 4.57 Å². The lowest BCUT2D eigenvalue weighted by atomic mass is 10.1. The minimum Gasteiger partial charge on any atom is -0.493 e. The highest BCUT2D eigenvalue weighted by Gasteiger charge is 2.18. The maximum absolute atomic E-state index is 10.9. The van der Waals surface area contributed by atoms with Gasteiger partial charge in [-0.05, 0) is 30.2 Å². The third kappa shape index (κ3) is 1.98. The van der Waals surface area contributed by atoms with E-state index >= 15 is 0 Å². The third-order valence-corrected chi connectivity index (χ3v) is 3.32. The van der Waals surface area contributed by atoms with Gasteiger partial charge in [-0.1, -0.05) is 31.9 Å². The number of hydrogen-bond acceptors (Lipinski definition) is 3. The summed E-state index contributed by atoms with van der Waals surface area (Å²) in [6.45, 7) is 4.78. The van der Waals surface area contributed by atoms with Crippen LogP contribution in [-0.4, -0.2) is 9.67 Å². The van der Waals surface area contributed by atoms with Crippen molar-refractivity contribution < 1.29 is 5.11 Å². The first-order valence-electron chi connectivity index (χ1n) is 6.34. The molecule has 4 heteroatoms. The van der Waals surface area contributed by atoms with Crippen molar-refractivity contribution in [1.82, 2.24) is 4.57 Å².